The van der Waals surface area contributed by atoms with Gasteiger partial charge in [-0.2, -0.15) is 0 Å². The zero-order valence-electron chi connectivity index (χ0n) is 19.3. The summed E-state index contributed by atoms with van der Waals surface area (Å²) in [7, 11) is 0. The third-order valence-corrected chi connectivity index (χ3v) is 5.21. The molecule has 0 radical (unpaired) electrons. The fraction of sp³-hybridized carbons (Fsp3) is 0.462. The highest BCUT2D eigenvalue weighted by molar-refractivity contribution is 5.89. The highest BCUT2D eigenvalue weighted by Crippen LogP contribution is 2.16. The molecule has 2 aromatic rings. The van der Waals surface area contributed by atoms with Crippen molar-refractivity contribution in [3.8, 4) is 0 Å². The maximum atomic E-state index is 13.4. The quantitative estimate of drug-likeness (QED) is 0.693. The predicted octanol–water partition coefficient (Wildman–Crippen LogP) is 4.61. The van der Waals surface area contributed by atoms with E-state index >= 15 is 0 Å². The molecule has 0 saturated heterocycles. The zero-order valence-corrected chi connectivity index (χ0v) is 19.3. The Morgan fingerprint density at radius 2 is 1.70 bits per heavy atom. The van der Waals surface area contributed by atoms with Gasteiger partial charge in [-0.1, -0.05) is 61.0 Å². The van der Waals surface area contributed by atoms with Crippen molar-refractivity contribution in [2.75, 3.05) is 6.54 Å². The number of benzene rings is 2. The second-order valence-corrected chi connectivity index (χ2v) is 9.09. The molecule has 1 N–H and O–H groups in total. The maximum absolute atomic E-state index is 13.4. The van der Waals surface area contributed by atoms with Gasteiger partial charge in [0, 0.05) is 12.1 Å². The molecule has 0 heterocycles. The number of hydrogen-bond acceptors (Lipinski definition) is 2. The summed E-state index contributed by atoms with van der Waals surface area (Å²) in [5, 5.41) is 3.06. The number of nitrogens with zero attached hydrogens (tertiary/aromatic N) is 1. The van der Waals surface area contributed by atoms with Crippen LogP contribution in [0.25, 0.3) is 0 Å². The average molecular weight is 409 g/mol. The number of carbonyl (C=O) groups excluding carboxylic acids is 2. The van der Waals surface area contributed by atoms with Crippen LogP contribution in [0.3, 0.4) is 0 Å². The van der Waals surface area contributed by atoms with Crippen LogP contribution in [0.1, 0.15) is 56.4 Å². The maximum Gasteiger partial charge on any atom is 0.243 e. The topological polar surface area (TPSA) is 49.4 Å². The van der Waals surface area contributed by atoms with Crippen molar-refractivity contribution in [1.29, 1.82) is 0 Å². The normalized spacial score (nSPS) is 12.3. The van der Waals surface area contributed by atoms with Gasteiger partial charge in [-0.05, 0) is 64.2 Å². The van der Waals surface area contributed by atoms with Gasteiger partial charge in [0.25, 0.3) is 0 Å². The highest BCUT2D eigenvalue weighted by atomic mass is 16.2. The first kappa shape index (κ1) is 23.7. The van der Waals surface area contributed by atoms with E-state index in [1.54, 1.807) is 4.90 Å². The van der Waals surface area contributed by atoms with E-state index in [0.29, 0.717) is 19.4 Å². The van der Waals surface area contributed by atoms with E-state index in [2.05, 4.69) is 35.6 Å². The summed E-state index contributed by atoms with van der Waals surface area (Å²) in [5.41, 5.74) is 4.08. The van der Waals surface area contributed by atoms with E-state index in [0.717, 1.165) is 28.7 Å². The first-order valence-corrected chi connectivity index (χ1v) is 10.8. The largest absolute Gasteiger partial charge is 0.350 e. The molecule has 0 aromatic heterocycles. The lowest BCUT2D eigenvalue weighted by atomic mass is 10.0. The summed E-state index contributed by atoms with van der Waals surface area (Å²) < 4.78 is 0. The van der Waals surface area contributed by atoms with Crippen molar-refractivity contribution in [1.82, 2.24) is 10.2 Å². The summed E-state index contributed by atoms with van der Waals surface area (Å²) in [6.07, 6.45) is 1.61. The Labute approximate surface area is 181 Å². The molecule has 0 unspecified atom stereocenters. The lowest BCUT2D eigenvalue weighted by Gasteiger charge is -2.33. The minimum absolute atomic E-state index is 0.00413. The van der Waals surface area contributed by atoms with Crippen molar-refractivity contribution in [3.63, 3.8) is 0 Å². The van der Waals surface area contributed by atoms with E-state index in [-0.39, 0.29) is 17.4 Å². The second-order valence-electron chi connectivity index (χ2n) is 9.09. The molecular formula is C26H36N2O2. The molecule has 0 fully saturated rings. The Bertz CT molecular complexity index is 853. The van der Waals surface area contributed by atoms with Crippen LogP contribution >= 0.6 is 0 Å². The summed E-state index contributed by atoms with van der Waals surface area (Å²) in [5.74, 6) is -0.0945. The Balaban J connectivity index is 2.27. The summed E-state index contributed by atoms with van der Waals surface area (Å²) in [6.45, 7) is 12.4. The van der Waals surface area contributed by atoms with E-state index in [4.69, 9.17) is 0 Å². The lowest BCUT2D eigenvalue weighted by Crippen LogP contribution is -2.54. The molecule has 162 valence electrons. The van der Waals surface area contributed by atoms with E-state index < -0.39 is 6.04 Å². The lowest BCUT2D eigenvalue weighted by molar-refractivity contribution is -0.140. The highest BCUT2D eigenvalue weighted by Gasteiger charge is 2.30. The summed E-state index contributed by atoms with van der Waals surface area (Å²) in [4.78, 5) is 28.2. The zero-order chi connectivity index (χ0) is 22.3. The molecule has 0 spiro atoms. The van der Waals surface area contributed by atoms with Crippen molar-refractivity contribution in [3.05, 3.63) is 70.8 Å². The van der Waals surface area contributed by atoms with Crippen LogP contribution in [0.5, 0.6) is 0 Å². The van der Waals surface area contributed by atoms with Crippen LogP contribution in [0.15, 0.2) is 48.5 Å². The fourth-order valence-corrected chi connectivity index (χ4v) is 3.60. The fourth-order valence-electron chi connectivity index (χ4n) is 3.60. The van der Waals surface area contributed by atoms with Crippen molar-refractivity contribution >= 4 is 11.8 Å². The van der Waals surface area contributed by atoms with Gasteiger partial charge in [-0.3, -0.25) is 9.59 Å². The number of rotatable bonds is 8. The molecule has 0 aliphatic rings. The van der Waals surface area contributed by atoms with Gasteiger partial charge < -0.3 is 10.2 Å². The molecule has 0 saturated carbocycles. The molecule has 2 rings (SSSR count). The molecule has 2 amide bonds. The Kier molecular flexibility index (Phi) is 8.22. The number of aryl methyl sites for hydroxylation is 2. The smallest absolute Gasteiger partial charge is 0.243 e. The second kappa shape index (κ2) is 10.4. The van der Waals surface area contributed by atoms with Gasteiger partial charge in [-0.25, -0.2) is 0 Å². The standard InChI is InChI=1S/C26H36N2O2/c1-7-23(25(30)27-26(4,5)6)28(16-15-21-11-9-8-10-12-21)24(29)18-22-17-19(2)13-14-20(22)3/h8-14,17,23H,7,15-16,18H2,1-6H3,(H,27,30)/t23-/m0/s1. The van der Waals surface area contributed by atoms with Gasteiger partial charge in [-0.15, -0.1) is 0 Å². The molecule has 4 nitrogen and oxygen atoms in total. The third kappa shape index (κ3) is 7.01. The van der Waals surface area contributed by atoms with Crippen LogP contribution < -0.4 is 5.32 Å². The Morgan fingerprint density at radius 1 is 1.03 bits per heavy atom. The number of amides is 2. The van der Waals surface area contributed by atoms with Crippen molar-refractivity contribution in [2.24, 2.45) is 0 Å². The van der Waals surface area contributed by atoms with Gasteiger partial charge >= 0.3 is 0 Å². The minimum atomic E-state index is -0.481. The predicted molar refractivity (Wildman–Crippen MR) is 123 cm³/mol. The molecular weight excluding hydrogens is 372 g/mol. The van der Waals surface area contributed by atoms with Crippen LogP contribution in [0.2, 0.25) is 0 Å². The van der Waals surface area contributed by atoms with Crippen LogP contribution in [0.4, 0.5) is 0 Å². The van der Waals surface area contributed by atoms with E-state index in [1.165, 1.54) is 0 Å². The average Bonchev–Trinajstić information content (AvgIpc) is 2.67. The third-order valence-electron chi connectivity index (χ3n) is 5.21. The molecule has 4 heteroatoms. The van der Waals surface area contributed by atoms with Crippen LogP contribution in [-0.4, -0.2) is 34.8 Å². The van der Waals surface area contributed by atoms with Crippen LogP contribution in [-0.2, 0) is 22.4 Å². The Morgan fingerprint density at radius 3 is 2.30 bits per heavy atom. The molecule has 30 heavy (non-hydrogen) atoms. The summed E-state index contributed by atoms with van der Waals surface area (Å²) >= 11 is 0. The number of hydrogen-bond donors (Lipinski definition) is 1. The minimum Gasteiger partial charge on any atom is -0.350 e. The first-order valence-electron chi connectivity index (χ1n) is 10.8. The Hall–Kier alpha value is -2.62. The molecule has 0 aliphatic carbocycles. The molecule has 2 aromatic carbocycles. The van der Waals surface area contributed by atoms with E-state index in [1.807, 2.05) is 59.7 Å². The number of carbonyl (C=O) groups is 2. The monoisotopic (exact) mass is 408 g/mol. The molecule has 0 bridgehead atoms. The molecule has 0 aliphatic heterocycles. The van der Waals surface area contributed by atoms with E-state index in [9.17, 15) is 9.59 Å². The van der Waals surface area contributed by atoms with Crippen molar-refractivity contribution in [2.45, 2.75) is 72.4 Å². The first-order chi connectivity index (χ1) is 14.1. The van der Waals surface area contributed by atoms with Gasteiger partial charge in [0.15, 0.2) is 0 Å². The summed E-state index contributed by atoms with van der Waals surface area (Å²) in [6, 6.07) is 15.8. The number of nitrogens with one attached hydrogen (secondary N) is 1. The van der Waals surface area contributed by atoms with Gasteiger partial charge in [0.2, 0.25) is 11.8 Å². The van der Waals surface area contributed by atoms with Gasteiger partial charge in [0.05, 0.1) is 6.42 Å². The van der Waals surface area contributed by atoms with Crippen LogP contribution in [0, 0.1) is 13.8 Å². The SMILES string of the molecule is CC[C@@H](C(=O)NC(C)(C)C)N(CCc1ccccc1)C(=O)Cc1cc(C)ccc1C. The molecule has 1 atom stereocenters. The van der Waals surface area contributed by atoms with Crippen molar-refractivity contribution < 1.29 is 9.59 Å². The van der Waals surface area contributed by atoms with Gasteiger partial charge in [0.1, 0.15) is 6.04 Å².